The number of methoxy groups -OCH3 is 1. The van der Waals surface area contributed by atoms with Gasteiger partial charge in [0.25, 0.3) is 5.91 Å². The van der Waals surface area contributed by atoms with Gasteiger partial charge in [0.1, 0.15) is 17.3 Å². The van der Waals surface area contributed by atoms with Crippen molar-refractivity contribution in [1.82, 2.24) is 14.8 Å². The van der Waals surface area contributed by atoms with E-state index in [1.165, 1.54) is 17.7 Å². The number of aromatic amines is 1. The maximum absolute atomic E-state index is 13.0. The number of nitrogens with one attached hydrogen (secondary N) is 1. The minimum atomic E-state index is -0.185. The van der Waals surface area contributed by atoms with Gasteiger partial charge in [0.05, 0.1) is 7.11 Å². The fourth-order valence-corrected chi connectivity index (χ4v) is 4.36. The topological polar surface area (TPSA) is 48.6 Å². The average Bonchev–Trinajstić information content (AvgIpc) is 3.22. The van der Waals surface area contributed by atoms with E-state index in [1.54, 1.807) is 7.11 Å². The number of rotatable bonds is 7. The molecule has 0 spiro atoms. The summed E-state index contributed by atoms with van der Waals surface area (Å²) >= 11 is 0. The number of piperidine rings is 1. The molecule has 0 unspecified atom stereocenters. The number of carbonyl (C=O) groups excluding carboxylic acids is 1. The predicted octanol–water partition coefficient (Wildman–Crippen LogP) is 4.34. The highest BCUT2D eigenvalue weighted by Gasteiger charge is 2.23. The van der Waals surface area contributed by atoms with E-state index in [2.05, 4.69) is 9.88 Å². The third kappa shape index (κ3) is 5.25. The summed E-state index contributed by atoms with van der Waals surface area (Å²) in [7, 11) is 3.52. The van der Waals surface area contributed by atoms with Gasteiger partial charge >= 0.3 is 0 Å². The summed E-state index contributed by atoms with van der Waals surface area (Å²) in [5.41, 5.74) is 2.72. The Morgan fingerprint density at radius 1 is 1.16 bits per heavy atom. The molecule has 3 aromatic rings. The average molecular weight is 424 g/mol. The van der Waals surface area contributed by atoms with Gasteiger partial charge in [-0.1, -0.05) is 12.1 Å². The molecule has 0 aliphatic carbocycles. The molecule has 0 bridgehead atoms. The Balaban J connectivity index is 1.26. The summed E-state index contributed by atoms with van der Waals surface area (Å²) in [6, 6.07) is 14.4. The fourth-order valence-electron chi connectivity index (χ4n) is 4.36. The monoisotopic (exact) mass is 423 g/mol. The Labute approximate surface area is 182 Å². The second-order valence-corrected chi connectivity index (χ2v) is 8.48. The summed E-state index contributed by atoms with van der Waals surface area (Å²) in [4.78, 5) is 20.4. The molecule has 1 fully saturated rings. The van der Waals surface area contributed by atoms with Gasteiger partial charge in [0.15, 0.2) is 0 Å². The van der Waals surface area contributed by atoms with Gasteiger partial charge in [-0.05, 0) is 80.2 Å². The van der Waals surface area contributed by atoms with Crippen molar-refractivity contribution in [1.29, 1.82) is 0 Å². The van der Waals surface area contributed by atoms with E-state index < -0.39 is 0 Å². The first-order chi connectivity index (χ1) is 15.0. The minimum absolute atomic E-state index is 0.0221. The number of nitrogens with zero attached hydrogens (tertiary/aromatic N) is 2. The van der Waals surface area contributed by atoms with Crippen molar-refractivity contribution in [3.8, 4) is 5.75 Å². The first-order valence-electron chi connectivity index (χ1n) is 10.9. The summed E-state index contributed by atoms with van der Waals surface area (Å²) < 4.78 is 18.3. The summed E-state index contributed by atoms with van der Waals surface area (Å²) in [5.74, 6) is 1.13. The van der Waals surface area contributed by atoms with Crippen molar-refractivity contribution in [2.75, 3.05) is 40.3 Å². The van der Waals surface area contributed by atoms with Crippen LogP contribution < -0.4 is 4.74 Å². The molecule has 1 aliphatic rings. The van der Waals surface area contributed by atoms with Crippen LogP contribution in [0.1, 0.15) is 28.9 Å². The summed E-state index contributed by atoms with van der Waals surface area (Å²) in [6.07, 6.45) is 3.12. The van der Waals surface area contributed by atoms with Gasteiger partial charge in [-0.25, -0.2) is 4.39 Å². The van der Waals surface area contributed by atoms with E-state index in [4.69, 9.17) is 4.74 Å². The molecule has 4 rings (SSSR count). The number of hydrogen-bond acceptors (Lipinski definition) is 3. The molecule has 2 aromatic carbocycles. The summed E-state index contributed by atoms with van der Waals surface area (Å²) in [5, 5.41) is 0.977. The van der Waals surface area contributed by atoms with E-state index in [9.17, 15) is 9.18 Å². The molecule has 0 radical (unpaired) electrons. The zero-order valence-electron chi connectivity index (χ0n) is 18.2. The van der Waals surface area contributed by atoms with Crippen molar-refractivity contribution in [3.63, 3.8) is 0 Å². The Kier molecular flexibility index (Phi) is 6.56. The highest BCUT2D eigenvalue weighted by molar-refractivity contribution is 5.98. The second kappa shape index (κ2) is 9.52. The maximum atomic E-state index is 13.0. The van der Waals surface area contributed by atoms with Gasteiger partial charge in [0, 0.05) is 31.0 Å². The van der Waals surface area contributed by atoms with Crippen LogP contribution in [0.2, 0.25) is 0 Å². The number of hydrogen-bond donors (Lipinski definition) is 1. The summed E-state index contributed by atoms with van der Waals surface area (Å²) in [6.45, 7) is 3.84. The first-order valence-corrected chi connectivity index (χ1v) is 10.9. The van der Waals surface area contributed by atoms with Crippen LogP contribution in [0.4, 0.5) is 4.39 Å². The van der Waals surface area contributed by atoms with Crippen molar-refractivity contribution in [3.05, 3.63) is 65.6 Å². The van der Waals surface area contributed by atoms with Gasteiger partial charge in [-0.15, -0.1) is 0 Å². The van der Waals surface area contributed by atoms with E-state index in [1.807, 2.05) is 48.3 Å². The lowest BCUT2D eigenvalue weighted by Gasteiger charge is -2.33. The normalized spacial score (nSPS) is 15.3. The third-order valence-electron chi connectivity index (χ3n) is 6.27. The van der Waals surface area contributed by atoms with Crippen LogP contribution in [-0.2, 0) is 6.42 Å². The Bertz CT molecular complexity index is 1020. The van der Waals surface area contributed by atoms with Crippen LogP contribution in [0.3, 0.4) is 0 Å². The first kappa shape index (κ1) is 21.4. The van der Waals surface area contributed by atoms with Crippen LogP contribution >= 0.6 is 0 Å². The van der Waals surface area contributed by atoms with Gasteiger partial charge in [-0.2, -0.15) is 0 Å². The molecular weight excluding hydrogens is 393 g/mol. The predicted molar refractivity (Wildman–Crippen MR) is 121 cm³/mol. The number of benzene rings is 2. The van der Waals surface area contributed by atoms with E-state index in [0.717, 1.165) is 62.1 Å². The molecule has 6 heteroatoms. The third-order valence-corrected chi connectivity index (χ3v) is 6.27. The van der Waals surface area contributed by atoms with Crippen molar-refractivity contribution < 1.29 is 13.9 Å². The lowest BCUT2D eigenvalue weighted by molar-refractivity contribution is 0.0735. The smallest absolute Gasteiger partial charge is 0.270 e. The number of H-pyrrole nitrogens is 1. The number of amides is 1. The van der Waals surface area contributed by atoms with Crippen molar-refractivity contribution >= 4 is 16.8 Å². The zero-order chi connectivity index (χ0) is 21.8. The number of halogens is 1. The molecule has 164 valence electrons. The van der Waals surface area contributed by atoms with Crippen molar-refractivity contribution in [2.45, 2.75) is 19.3 Å². The molecule has 2 heterocycles. The SMILES string of the molecule is COc1ccc2[nH]c(C(=O)N(C)CC3CCN(CCc4ccc(F)cc4)CC3)cc2c1. The lowest BCUT2D eigenvalue weighted by Crippen LogP contribution is -2.40. The zero-order valence-corrected chi connectivity index (χ0v) is 18.2. The quantitative estimate of drug-likeness (QED) is 0.615. The molecule has 1 aliphatic heterocycles. The molecule has 1 N–H and O–H groups in total. The van der Waals surface area contributed by atoms with E-state index in [-0.39, 0.29) is 11.7 Å². The van der Waals surface area contributed by atoms with Crippen LogP contribution in [0.15, 0.2) is 48.5 Å². The molecular formula is C25H30FN3O2. The minimum Gasteiger partial charge on any atom is -0.497 e. The highest BCUT2D eigenvalue weighted by Crippen LogP contribution is 2.23. The van der Waals surface area contributed by atoms with Crippen LogP contribution in [-0.4, -0.2) is 61.0 Å². The number of ether oxygens (including phenoxy) is 1. The largest absolute Gasteiger partial charge is 0.497 e. The molecule has 31 heavy (non-hydrogen) atoms. The number of likely N-dealkylation sites (tertiary alicyclic amines) is 1. The van der Waals surface area contributed by atoms with Gasteiger partial charge < -0.3 is 19.5 Å². The number of aromatic nitrogens is 1. The Morgan fingerprint density at radius 2 is 1.90 bits per heavy atom. The second-order valence-electron chi connectivity index (χ2n) is 8.48. The van der Waals surface area contributed by atoms with E-state index in [0.29, 0.717) is 11.6 Å². The van der Waals surface area contributed by atoms with Crippen molar-refractivity contribution in [2.24, 2.45) is 5.92 Å². The van der Waals surface area contributed by atoms with E-state index >= 15 is 0 Å². The molecule has 1 amide bonds. The fraction of sp³-hybridized carbons (Fsp3) is 0.400. The molecule has 0 saturated carbocycles. The molecule has 1 aromatic heterocycles. The van der Waals surface area contributed by atoms with Gasteiger partial charge in [0.2, 0.25) is 0 Å². The Hall–Kier alpha value is -2.86. The molecule has 0 atom stereocenters. The van der Waals surface area contributed by atoms with Gasteiger partial charge in [-0.3, -0.25) is 4.79 Å². The number of carbonyl (C=O) groups is 1. The molecule has 5 nitrogen and oxygen atoms in total. The Morgan fingerprint density at radius 3 is 2.61 bits per heavy atom. The van der Waals surface area contributed by atoms with Crippen LogP contribution in [0.5, 0.6) is 5.75 Å². The molecule has 1 saturated heterocycles. The lowest BCUT2D eigenvalue weighted by atomic mass is 9.96. The standard InChI is InChI=1S/C25H30FN3O2/c1-28(25(30)24-16-20-15-22(31-2)7-8-23(20)27-24)17-19-10-13-29(14-11-19)12-9-18-3-5-21(26)6-4-18/h3-8,15-16,19,27H,9-14,17H2,1-2H3. The number of fused-ring (bicyclic) bond motifs is 1. The highest BCUT2D eigenvalue weighted by atomic mass is 19.1. The maximum Gasteiger partial charge on any atom is 0.270 e. The van der Waals surface area contributed by atoms with Crippen LogP contribution in [0, 0.1) is 11.7 Å². The van der Waals surface area contributed by atoms with Crippen LogP contribution in [0.25, 0.3) is 10.9 Å².